The minimum atomic E-state index is -1.24. The van der Waals surface area contributed by atoms with Crippen molar-refractivity contribution in [2.24, 2.45) is 0 Å². The van der Waals surface area contributed by atoms with Gasteiger partial charge in [0.1, 0.15) is 5.00 Å². The Hall–Kier alpha value is -2.80. The third-order valence-electron chi connectivity index (χ3n) is 4.45. The van der Waals surface area contributed by atoms with E-state index in [0.717, 1.165) is 35.3 Å². The first-order valence-corrected chi connectivity index (χ1v) is 9.42. The fourth-order valence-electron chi connectivity index (χ4n) is 3.15. The van der Waals surface area contributed by atoms with Crippen LogP contribution in [0.1, 0.15) is 39.2 Å². The number of methoxy groups -OCH3 is 2. The number of thiophene rings is 1. The number of anilines is 1. The van der Waals surface area contributed by atoms with Crippen molar-refractivity contribution in [3.63, 3.8) is 0 Å². The zero-order valence-electron chi connectivity index (χ0n) is 15.2. The minimum Gasteiger partial charge on any atom is -0.545 e. The quantitative estimate of drug-likeness (QED) is 0.771. The van der Waals surface area contributed by atoms with E-state index in [1.807, 2.05) is 0 Å². The number of hydrogen-bond acceptors (Lipinski definition) is 6. The molecule has 27 heavy (non-hydrogen) atoms. The lowest BCUT2D eigenvalue weighted by Crippen LogP contribution is -2.25. The highest BCUT2D eigenvalue weighted by Gasteiger charge is 2.22. The topological polar surface area (TPSA) is 87.7 Å². The highest BCUT2D eigenvalue weighted by atomic mass is 32.1. The molecular weight excluding hydrogens is 366 g/mol. The van der Waals surface area contributed by atoms with Crippen LogP contribution < -0.4 is 19.9 Å². The fraction of sp³-hybridized carbons (Fsp3) is 0.300. The number of carbonyl (C=O) groups is 2. The van der Waals surface area contributed by atoms with E-state index in [4.69, 9.17) is 9.47 Å². The average Bonchev–Trinajstić information content (AvgIpc) is 3.03. The van der Waals surface area contributed by atoms with E-state index in [9.17, 15) is 14.7 Å². The van der Waals surface area contributed by atoms with Crippen molar-refractivity contribution in [3.05, 3.63) is 45.8 Å². The molecule has 1 aliphatic carbocycles. The van der Waals surface area contributed by atoms with Gasteiger partial charge in [-0.3, -0.25) is 4.79 Å². The minimum absolute atomic E-state index is 0.127. The third-order valence-corrected chi connectivity index (χ3v) is 5.65. The summed E-state index contributed by atoms with van der Waals surface area (Å²) in [5, 5.41) is 14.6. The molecule has 142 valence electrons. The first kappa shape index (κ1) is 19.0. The molecule has 0 bridgehead atoms. The highest BCUT2D eigenvalue weighted by molar-refractivity contribution is 7.17. The zero-order valence-corrected chi connectivity index (χ0v) is 16.0. The van der Waals surface area contributed by atoms with Gasteiger partial charge in [-0.25, -0.2) is 0 Å². The van der Waals surface area contributed by atoms with E-state index in [0.29, 0.717) is 22.9 Å². The highest BCUT2D eigenvalue weighted by Crippen LogP contribution is 2.37. The maximum atomic E-state index is 12.3. The largest absolute Gasteiger partial charge is 0.545 e. The lowest BCUT2D eigenvalue weighted by atomic mass is 9.95. The van der Waals surface area contributed by atoms with Crippen LogP contribution in [-0.2, 0) is 17.6 Å². The van der Waals surface area contributed by atoms with Gasteiger partial charge in [0.25, 0.3) is 0 Å². The number of carboxylic acids is 1. The molecule has 0 atom stereocenters. The smallest absolute Gasteiger partial charge is 0.249 e. The van der Waals surface area contributed by atoms with E-state index in [2.05, 4.69) is 5.32 Å². The number of carbonyl (C=O) groups excluding carboxylic acids is 2. The molecule has 1 aromatic heterocycles. The van der Waals surface area contributed by atoms with Crippen LogP contribution in [0.15, 0.2) is 24.3 Å². The third kappa shape index (κ3) is 4.14. The van der Waals surface area contributed by atoms with Crippen LogP contribution in [0.2, 0.25) is 0 Å². The van der Waals surface area contributed by atoms with Gasteiger partial charge in [0.2, 0.25) is 5.91 Å². The molecule has 1 amide bonds. The summed E-state index contributed by atoms with van der Waals surface area (Å²) in [7, 11) is 3.09. The Morgan fingerprint density at radius 3 is 2.59 bits per heavy atom. The van der Waals surface area contributed by atoms with Gasteiger partial charge >= 0.3 is 0 Å². The Labute approximate surface area is 161 Å². The number of fused-ring (bicyclic) bond motifs is 1. The van der Waals surface area contributed by atoms with Gasteiger partial charge in [0.05, 0.1) is 20.2 Å². The summed E-state index contributed by atoms with van der Waals surface area (Å²) in [4.78, 5) is 24.9. The molecule has 1 N–H and O–H groups in total. The number of benzene rings is 1. The lowest BCUT2D eigenvalue weighted by molar-refractivity contribution is -0.254. The van der Waals surface area contributed by atoms with Gasteiger partial charge < -0.3 is 24.7 Å². The summed E-state index contributed by atoms with van der Waals surface area (Å²) in [6.07, 6.45) is 6.54. The number of amides is 1. The first-order chi connectivity index (χ1) is 13.0. The second-order valence-corrected chi connectivity index (χ2v) is 7.24. The number of aryl methyl sites for hydroxylation is 1. The van der Waals surface area contributed by atoms with E-state index in [-0.39, 0.29) is 5.56 Å². The van der Waals surface area contributed by atoms with Crippen molar-refractivity contribution in [1.82, 2.24) is 0 Å². The normalized spacial score (nSPS) is 13.3. The van der Waals surface area contributed by atoms with Crippen molar-refractivity contribution >= 4 is 34.3 Å². The molecule has 0 radical (unpaired) electrons. The molecule has 6 nitrogen and oxygen atoms in total. The summed E-state index contributed by atoms with van der Waals surface area (Å²) >= 11 is 1.33. The molecule has 3 rings (SSSR count). The monoisotopic (exact) mass is 386 g/mol. The molecular formula is C20H20NO5S-. The molecule has 7 heteroatoms. The molecule has 1 heterocycles. The predicted octanol–water partition coefficient (Wildman–Crippen LogP) is 2.66. The van der Waals surface area contributed by atoms with E-state index in [1.165, 1.54) is 24.5 Å². The SMILES string of the molecule is COc1ccc(/C=C/C(=O)Nc2sc3c(c2C(=O)[O-])CCCC3)cc1OC. The van der Waals surface area contributed by atoms with Crippen LogP contribution in [0.25, 0.3) is 6.08 Å². The number of aromatic carboxylic acids is 1. The van der Waals surface area contributed by atoms with Crippen molar-refractivity contribution in [2.45, 2.75) is 25.7 Å². The molecule has 0 aliphatic heterocycles. The molecule has 0 saturated carbocycles. The Kier molecular flexibility index (Phi) is 5.81. The van der Waals surface area contributed by atoms with Crippen molar-refractivity contribution in [2.75, 3.05) is 19.5 Å². The van der Waals surface area contributed by atoms with Crippen molar-refractivity contribution in [3.8, 4) is 11.5 Å². The van der Waals surface area contributed by atoms with Crippen LogP contribution in [0.3, 0.4) is 0 Å². The van der Waals surface area contributed by atoms with Gasteiger partial charge in [-0.15, -0.1) is 11.3 Å². The van der Waals surface area contributed by atoms with Crippen molar-refractivity contribution < 1.29 is 24.2 Å². The van der Waals surface area contributed by atoms with Crippen LogP contribution >= 0.6 is 11.3 Å². The Bertz CT molecular complexity index is 900. The summed E-state index contributed by atoms with van der Waals surface area (Å²) in [6.45, 7) is 0. The average molecular weight is 386 g/mol. The molecule has 0 spiro atoms. The second-order valence-electron chi connectivity index (χ2n) is 6.14. The maximum Gasteiger partial charge on any atom is 0.249 e. The number of nitrogens with one attached hydrogen (secondary N) is 1. The predicted molar refractivity (Wildman–Crippen MR) is 103 cm³/mol. The van der Waals surface area contributed by atoms with Crippen molar-refractivity contribution in [1.29, 1.82) is 0 Å². The molecule has 0 unspecified atom stereocenters. The summed E-state index contributed by atoms with van der Waals surface area (Å²) in [5.41, 5.74) is 1.70. The Morgan fingerprint density at radius 1 is 1.15 bits per heavy atom. The van der Waals surface area contributed by atoms with E-state index in [1.54, 1.807) is 31.4 Å². The van der Waals surface area contributed by atoms with E-state index >= 15 is 0 Å². The Morgan fingerprint density at radius 2 is 1.89 bits per heavy atom. The number of rotatable bonds is 6. The van der Waals surface area contributed by atoms with Gasteiger partial charge in [-0.1, -0.05) is 6.07 Å². The fourth-order valence-corrected chi connectivity index (χ4v) is 4.43. The van der Waals surface area contributed by atoms with E-state index < -0.39 is 11.9 Å². The Balaban J connectivity index is 1.77. The van der Waals surface area contributed by atoms with Gasteiger partial charge in [-0.2, -0.15) is 0 Å². The maximum absolute atomic E-state index is 12.3. The summed E-state index contributed by atoms with van der Waals surface area (Å²) < 4.78 is 10.4. The molecule has 1 aromatic carbocycles. The van der Waals surface area contributed by atoms with Gasteiger partial charge in [-0.05, 0) is 55.0 Å². The molecule has 0 saturated heterocycles. The second kappa shape index (κ2) is 8.26. The number of hydrogen-bond donors (Lipinski definition) is 1. The van der Waals surface area contributed by atoms with Crippen LogP contribution in [0.5, 0.6) is 11.5 Å². The van der Waals surface area contributed by atoms with Gasteiger partial charge in [0.15, 0.2) is 11.5 Å². The lowest BCUT2D eigenvalue weighted by Gasteiger charge is -2.13. The van der Waals surface area contributed by atoms with Crippen LogP contribution in [0.4, 0.5) is 5.00 Å². The number of ether oxygens (including phenoxy) is 2. The zero-order chi connectivity index (χ0) is 19.4. The summed E-state index contributed by atoms with van der Waals surface area (Å²) in [5.74, 6) is -0.480. The number of carboxylic acid groups (broad SMARTS) is 1. The van der Waals surface area contributed by atoms with Gasteiger partial charge in [0, 0.05) is 16.5 Å². The molecule has 0 fully saturated rings. The molecule has 1 aliphatic rings. The molecule has 2 aromatic rings. The van der Waals surface area contributed by atoms with Crippen LogP contribution in [-0.4, -0.2) is 26.1 Å². The summed E-state index contributed by atoms with van der Waals surface area (Å²) in [6, 6.07) is 5.29. The van der Waals surface area contributed by atoms with Crippen LogP contribution in [0, 0.1) is 0 Å². The standard InChI is InChI=1S/C20H21NO5S/c1-25-14-9-7-12(11-15(14)26-2)8-10-17(22)21-19-18(20(23)24)13-5-3-4-6-16(13)27-19/h7-11H,3-6H2,1-2H3,(H,21,22)(H,23,24)/p-1/b10-8+. The first-order valence-electron chi connectivity index (χ1n) is 8.60.